The van der Waals surface area contributed by atoms with E-state index >= 15 is 0 Å². The number of hydrogen-bond donors (Lipinski definition) is 0. The van der Waals surface area contributed by atoms with Crippen molar-refractivity contribution >= 4 is 5.97 Å². The van der Waals surface area contributed by atoms with Gasteiger partial charge in [0.05, 0.1) is 25.0 Å². The van der Waals surface area contributed by atoms with Crippen LogP contribution in [0.2, 0.25) is 0 Å². The third-order valence-corrected chi connectivity index (χ3v) is 4.13. The van der Waals surface area contributed by atoms with E-state index in [1.54, 1.807) is 0 Å². The minimum absolute atomic E-state index is 0.334. The molecule has 0 radical (unpaired) electrons. The normalized spacial score (nSPS) is 10.5. The molecule has 0 bridgehead atoms. The first-order chi connectivity index (χ1) is 12.2. The number of methoxy groups -OCH3 is 1. The van der Waals surface area contributed by atoms with Crippen LogP contribution in [0.15, 0.2) is 60.7 Å². The van der Waals surface area contributed by atoms with Crippen molar-refractivity contribution in [1.82, 2.24) is 4.57 Å². The van der Waals surface area contributed by atoms with Crippen molar-refractivity contribution in [3.05, 3.63) is 71.9 Å². The van der Waals surface area contributed by atoms with Crippen LogP contribution in [-0.4, -0.2) is 24.3 Å². The molecule has 4 heteroatoms. The smallest absolute Gasteiger partial charge is 0.339 e. The molecule has 0 spiro atoms. The Morgan fingerprint density at radius 1 is 1.04 bits per heavy atom. The summed E-state index contributed by atoms with van der Waals surface area (Å²) >= 11 is 0. The largest absolute Gasteiger partial charge is 0.494 e. The van der Waals surface area contributed by atoms with E-state index in [1.807, 2.05) is 74.5 Å². The molecule has 1 aromatic heterocycles. The standard InChI is InChI=1S/C21H21NO3/c1-4-25-18-12-10-17(11-13-18)22-15(2)19(21(23)24-3)14-20(22)16-8-6-5-7-9-16/h5-14H,4H2,1-3H3. The lowest BCUT2D eigenvalue weighted by atomic mass is 10.1. The predicted octanol–water partition coefficient (Wildman–Crippen LogP) is 4.64. The van der Waals surface area contributed by atoms with Gasteiger partial charge >= 0.3 is 5.97 Å². The summed E-state index contributed by atoms with van der Waals surface area (Å²) in [7, 11) is 1.40. The first-order valence-corrected chi connectivity index (χ1v) is 8.25. The van der Waals surface area contributed by atoms with Crippen molar-refractivity contribution in [2.24, 2.45) is 0 Å². The van der Waals surface area contributed by atoms with Crippen LogP contribution < -0.4 is 4.74 Å². The van der Waals surface area contributed by atoms with E-state index in [0.29, 0.717) is 12.2 Å². The third-order valence-electron chi connectivity index (χ3n) is 4.13. The molecule has 1 heterocycles. The zero-order chi connectivity index (χ0) is 17.8. The molecule has 0 amide bonds. The van der Waals surface area contributed by atoms with Crippen LogP contribution >= 0.6 is 0 Å². The minimum atomic E-state index is -0.334. The molecule has 25 heavy (non-hydrogen) atoms. The summed E-state index contributed by atoms with van der Waals surface area (Å²) in [6.07, 6.45) is 0. The minimum Gasteiger partial charge on any atom is -0.494 e. The Hall–Kier alpha value is -3.01. The van der Waals surface area contributed by atoms with Gasteiger partial charge in [-0.15, -0.1) is 0 Å². The van der Waals surface area contributed by atoms with Gasteiger partial charge in [-0.3, -0.25) is 0 Å². The molecule has 0 aliphatic heterocycles. The van der Waals surface area contributed by atoms with Gasteiger partial charge in [-0.25, -0.2) is 4.79 Å². The fourth-order valence-electron chi connectivity index (χ4n) is 2.94. The van der Waals surface area contributed by atoms with E-state index in [0.717, 1.165) is 28.4 Å². The van der Waals surface area contributed by atoms with Crippen molar-refractivity contribution in [3.8, 4) is 22.7 Å². The molecule has 0 saturated heterocycles. The molecule has 3 aromatic rings. The van der Waals surface area contributed by atoms with Gasteiger partial charge in [0.2, 0.25) is 0 Å². The highest BCUT2D eigenvalue weighted by atomic mass is 16.5. The summed E-state index contributed by atoms with van der Waals surface area (Å²) < 4.78 is 12.5. The Kier molecular flexibility index (Phi) is 4.89. The van der Waals surface area contributed by atoms with E-state index in [2.05, 4.69) is 4.57 Å². The molecule has 0 N–H and O–H groups in total. The average Bonchev–Trinajstić information content (AvgIpc) is 3.00. The van der Waals surface area contributed by atoms with E-state index in [-0.39, 0.29) is 5.97 Å². The van der Waals surface area contributed by atoms with E-state index in [4.69, 9.17) is 9.47 Å². The number of aromatic nitrogens is 1. The molecule has 0 saturated carbocycles. The van der Waals surface area contributed by atoms with Crippen molar-refractivity contribution in [2.75, 3.05) is 13.7 Å². The summed E-state index contributed by atoms with van der Waals surface area (Å²) in [5.41, 5.74) is 4.36. The Morgan fingerprint density at radius 3 is 2.32 bits per heavy atom. The number of carbonyl (C=O) groups excluding carboxylic acids is 1. The average molecular weight is 335 g/mol. The van der Waals surface area contributed by atoms with Crippen LogP contribution in [0.1, 0.15) is 23.0 Å². The van der Waals surface area contributed by atoms with Crippen molar-refractivity contribution in [2.45, 2.75) is 13.8 Å². The number of esters is 1. The topological polar surface area (TPSA) is 40.5 Å². The van der Waals surface area contributed by atoms with Crippen LogP contribution in [0.5, 0.6) is 5.75 Å². The maximum absolute atomic E-state index is 12.1. The highest BCUT2D eigenvalue weighted by Crippen LogP contribution is 2.30. The molecular formula is C21H21NO3. The van der Waals surface area contributed by atoms with Gasteiger partial charge in [-0.1, -0.05) is 30.3 Å². The molecule has 3 rings (SSSR count). The van der Waals surface area contributed by atoms with Gasteiger partial charge in [-0.05, 0) is 49.7 Å². The third kappa shape index (κ3) is 3.29. The number of hydrogen-bond acceptors (Lipinski definition) is 3. The number of carbonyl (C=O) groups is 1. The number of rotatable bonds is 5. The maximum atomic E-state index is 12.1. The zero-order valence-corrected chi connectivity index (χ0v) is 14.7. The van der Waals surface area contributed by atoms with Gasteiger partial charge in [0.25, 0.3) is 0 Å². The van der Waals surface area contributed by atoms with Crippen LogP contribution in [0.3, 0.4) is 0 Å². The summed E-state index contributed by atoms with van der Waals surface area (Å²) in [6, 6.07) is 19.7. The van der Waals surface area contributed by atoms with Gasteiger partial charge in [-0.2, -0.15) is 0 Å². The van der Waals surface area contributed by atoms with Crippen LogP contribution in [0, 0.1) is 6.92 Å². The fourth-order valence-corrected chi connectivity index (χ4v) is 2.94. The molecule has 4 nitrogen and oxygen atoms in total. The first-order valence-electron chi connectivity index (χ1n) is 8.25. The molecule has 0 aliphatic rings. The Balaban J connectivity index is 2.16. The molecule has 0 atom stereocenters. The van der Waals surface area contributed by atoms with Crippen LogP contribution in [0.25, 0.3) is 16.9 Å². The second-order valence-corrected chi connectivity index (χ2v) is 5.65. The van der Waals surface area contributed by atoms with Gasteiger partial charge in [0.1, 0.15) is 5.75 Å². The lowest BCUT2D eigenvalue weighted by Gasteiger charge is -2.13. The summed E-state index contributed by atoms with van der Waals surface area (Å²) in [6.45, 7) is 4.51. The lowest BCUT2D eigenvalue weighted by Crippen LogP contribution is -2.04. The van der Waals surface area contributed by atoms with Crippen molar-refractivity contribution < 1.29 is 14.3 Å². The number of nitrogens with zero attached hydrogens (tertiary/aromatic N) is 1. The number of benzene rings is 2. The predicted molar refractivity (Wildman–Crippen MR) is 98.5 cm³/mol. The highest BCUT2D eigenvalue weighted by molar-refractivity contribution is 5.93. The monoisotopic (exact) mass is 335 g/mol. The molecule has 0 fully saturated rings. The highest BCUT2D eigenvalue weighted by Gasteiger charge is 2.19. The zero-order valence-electron chi connectivity index (χ0n) is 14.7. The summed E-state index contributed by atoms with van der Waals surface area (Å²) in [5, 5.41) is 0. The Labute approximate surface area is 147 Å². The van der Waals surface area contributed by atoms with E-state index in [9.17, 15) is 4.79 Å². The van der Waals surface area contributed by atoms with Crippen molar-refractivity contribution in [3.63, 3.8) is 0 Å². The van der Waals surface area contributed by atoms with Gasteiger partial charge < -0.3 is 14.0 Å². The maximum Gasteiger partial charge on any atom is 0.339 e. The number of ether oxygens (including phenoxy) is 2. The molecule has 0 unspecified atom stereocenters. The van der Waals surface area contributed by atoms with E-state index < -0.39 is 0 Å². The molecule has 2 aromatic carbocycles. The summed E-state index contributed by atoms with van der Waals surface area (Å²) in [4.78, 5) is 12.1. The second-order valence-electron chi connectivity index (χ2n) is 5.65. The van der Waals surface area contributed by atoms with Crippen LogP contribution in [0.4, 0.5) is 0 Å². The van der Waals surface area contributed by atoms with E-state index in [1.165, 1.54) is 7.11 Å². The van der Waals surface area contributed by atoms with Crippen molar-refractivity contribution in [1.29, 1.82) is 0 Å². The molecule has 128 valence electrons. The fraction of sp³-hybridized carbons (Fsp3) is 0.190. The van der Waals surface area contributed by atoms with Gasteiger partial charge in [0.15, 0.2) is 0 Å². The lowest BCUT2D eigenvalue weighted by molar-refractivity contribution is 0.0600. The van der Waals surface area contributed by atoms with Gasteiger partial charge in [0, 0.05) is 11.4 Å². The Morgan fingerprint density at radius 2 is 1.72 bits per heavy atom. The molecular weight excluding hydrogens is 314 g/mol. The summed E-state index contributed by atoms with van der Waals surface area (Å²) in [5.74, 6) is 0.491. The molecule has 0 aliphatic carbocycles. The second kappa shape index (κ2) is 7.26. The quantitative estimate of drug-likeness (QED) is 0.638. The first kappa shape index (κ1) is 16.8. The SMILES string of the molecule is CCOc1ccc(-n2c(-c3ccccc3)cc(C(=O)OC)c2C)cc1. The van der Waals surface area contributed by atoms with Crippen LogP contribution in [-0.2, 0) is 4.74 Å². The Bertz CT molecular complexity index is 864.